The fourth-order valence-electron chi connectivity index (χ4n) is 2.90. The standard InChI is InChI=1S/C25H20FNO5/c1-29-21-9-5-6-10-22(21)31-16-25(28)32-23-12-11-17(14-24(23)30-2)13-18(15-27)19-7-3-4-8-20(19)26/h3-14H,16H2,1-2H3/b18-13-. The van der Waals surface area contributed by atoms with Gasteiger partial charge in [-0.05, 0) is 42.0 Å². The molecule has 3 rings (SSSR count). The minimum atomic E-state index is -0.637. The fraction of sp³-hybridized carbons (Fsp3) is 0.120. The number of para-hydroxylation sites is 2. The molecule has 0 fully saturated rings. The number of carbonyl (C=O) groups excluding carboxylic acids is 1. The summed E-state index contributed by atoms with van der Waals surface area (Å²) in [7, 11) is 2.93. The Labute approximate surface area is 185 Å². The van der Waals surface area contributed by atoms with Gasteiger partial charge in [0.1, 0.15) is 5.82 Å². The molecule has 0 saturated heterocycles. The molecule has 0 spiro atoms. The Morgan fingerprint density at radius 1 is 0.938 bits per heavy atom. The van der Waals surface area contributed by atoms with Crippen LogP contribution in [0.4, 0.5) is 4.39 Å². The number of nitriles is 1. The summed E-state index contributed by atoms with van der Waals surface area (Å²) in [5.41, 5.74) is 0.921. The Bertz CT molecular complexity index is 1180. The Hall–Kier alpha value is -4.31. The highest BCUT2D eigenvalue weighted by molar-refractivity contribution is 5.90. The smallest absolute Gasteiger partial charge is 0.349 e. The van der Waals surface area contributed by atoms with Crippen LogP contribution < -0.4 is 18.9 Å². The van der Waals surface area contributed by atoms with E-state index in [0.717, 1.165) is 0 Å². The van der Waals surface area contributed by atoms with Crippen molar-refractivity contribution in [1.29, 1.82) is 5.26 Å². The topological polar surface area (TPSA) is 77.8 Å². The van der Waals surface area contributed by atoms with Crippen molar-refractivity contribution in [3.05, 3.63) is 83.7 Å². The van der Waals surface area contributed by atoms with Crippen molar-refractivity contribution in [3.63, 3.8) is 0 Å². The number of rotatable bonds is 8. The molecule has 0 heterocycles. The number of carbonyl (C=O) groups is 1. The third kappa shape index (κ3) is 5.43. The Kier molecular flexibility index (Phi) is 7.44. The lowest BCUT2D eigenvalue weighted by Crippen LogP contribution is -2.18. The van der Waals surface area contributed by atoms with Crippen LogP contribution in [0.1, 0.15) is 11.1 Å². The summed E-state index contributed by atoms with van der Waals surface area (Å²) >= 11 is 0. The maximum absolute atomic E-state index is 14.0. The highest BCUT2D eigenvalue weighted by atomic mass is 19.1. The van der Waals surface area contributed by atoms with Crippen LogP contribution in [0.25, 0.3) is 11.6 Å². The third-order valence-corrected chi connectivity index (χ3v) is 4.42. The molecule has 0 N–H and O–H groups in total. The molecule has 0 aliphatic heterocycles. The van der Waals surface area contributed by atoms with Crippen LogP contribution in [-0.4, -0.2) is 26.8 Å². The number of ether oxygens (including phenoxy) is 4. The molecule has 162 valence electrons. The van der Waals surface area contributed by atoms with E-state index < -0.39 is 11.8 Å². The summed E-state index contributed by atoms with van der Waals surface area (Å²) in [5, 5.41) is 9.45. The molecule has 0 amide bonds. The number of allylic oxidation sites excluding steroid dienone is 1. The molecular weight excluding hydrogens is 413 g/mol. The molecule has 0 saturated carbocycles. The number of benzene rings is 3. The molecule has 32 heavy (non-hydrogen) atoms. The predicted octanol–water partition coefficient (Wildman–Crippen LogP) is 4.89. The highest BCUT2D eigenvalue weighted by Crippen LogP contribution is 2.31. The summed E-state index contributed by atoms with van der Waals surface area (Å²) in [5.74, 6) is 0.237. The SMILES string of the molecule is COc1ccccc1OCC(=O)Oc1ccc(/C=C(/C#N)c2ccccc2F)cc1OC. The summed E-state index contributed by atoms with van der Waals surface area (Å²) in [6.07, 6.45) is 1.53. The van der Waals surface area contributed by atoms with Gasteiger partial charge in [-0.1, -0.05) is 36.4 Å². The first-order valence-electron chi connectivity index (χ1n) is 9.57. The van der Waals surface area contributed by atoms with Gasteiger partial charge >= 0.3 is 5.97 Å². The summed E-state index contributed by atoms with van der Waals surface area (Å²) in [6, 6.07) is 19.7. The zero-order chi connectivity index (χ0) is 22.9. The lowest BCUT2D eigenvalue weighted by Gasteiger charge is -2.12. The molecule has 0 unspecified atom stereocenters. The number of halogens is 1. The van der Waals surface area contributed by atoms with E-state index in [4.69, 9.17) is 18.9 Å². The van der Waals surface area contributed by atoms with Crippen LogP contribution in [0.5, 0.6) is 23.0 Å². The molecule has 0 aliphatic rings. The number of methoxy groups -OCH3 is 2. The first-order chi connectivity index (χ1) is 15.5. The van der Waals surface area contributed by atoms with Crippen molar-refractivity contribution in [2.24, 2.45) is 0 Å². The van der Waals surface area contributed by atoms with E-state index in [0.29, 0.717) is 17.1 Å². The van der Waals surface area contributed by atoms with Gasteiger partial charge in [0, 0.05) is 5.56 Å². The first kappa shape index (κ1) is 22.4. The number of esters is 1. The molecule has 0 atom stereocenters. The number of hydrogen-bond donors (Lipinski definition) is 0. The van der Waals surface area contributed by atoms with Crippen molar-refractivity contribution in [2.75, 3.05) is 20.8 Å². The Balaban J connectivity index is 1.74. The minimum absolute atomic E-state index is 0.153. The molecule has 6 nitrogen and oxygen atoms in total. The van der Waals surface area contributed by atoms with E-state index in [1.165, 1.54) is 38.5 Å². The van der Waals surface area contributed by atoms with Crippen LogP contribution in [0.2, 0.25) is 0 Å². The normalized spacial score (nSPS) is 10.8. The van der Waals surface area contributed by atoms with Gasteiger partial charge in [-0.25, -0.2) is 9.18 Å². The zero-order valence-electron chi connectivity index (χ0n) is 17.5. The largest absolute Gasteiger partial charge is 0.493 e. The van der Waals surface area contributed by atoms with Gasteiger partial charge in [-0.15, -0.1) is 0 Å². The van der Waals surface area contributed by atoms with Gasteiger partial charge in [0.25, 0.3) is 0 Å². The number of nitrogens with zero attached hydrogens (tertiary/aromatic N) is 1. The molecule has 3 aromatic rings. The van der Waals surface area contributed by atoms with Gasteiger partial charge in [-0.3, -0.25) is 0 Å². The lowest BCUT2D eigenvalue weighted by molar-refractivity contribution is -0.136. The van der Waals surface area contributed by atoms with E-state index in [1.54, 1.807) is 48.5 Å². The van der Waals surface area contributed by atoms with Crippen LogP contribution in [0.15, 0.2) is 66.7 Å². The van der Waals surface area contributed by atoms with Gasteiger partial charge in [0.15, 0.2) is 29.6 Å². The van der Waals surface area contributed by atoms with Gasteiger partial charge < -0.3 is 18.9 Å². The summed E-state index contributed by atoms with van der Waals surface area (Å²) < 4.78 is 35.3. The average Bonchev–Trinajstić information content (AvgIpc) is 2.82. The molecule has 0 aromatic heterocycles. The first-order valence-corrected chi connectivity index (χ1v) is 9.57. The molecular formula is C25H20FNO5. The van der Waals surface area contributed by atoms with Gasteiger partial charge in [0.2, 0.25) is 0 Å². The molecule has 0 aliphatic carbocycles. The van der Waals surface area contributed by atoms with Crippen LogP contribution in [0, 0.1) is 17.1 Å². The van der Waals surface area contributed by atoms with Crippen molar-refractivity contribution < 1.29 is 28.1 Å². The zero-order valence-corrected chi connectivity index (χ0v) is 17.5. The monoisotopic (exact) mass is 433 g/mol. The van der Waals surface area contributed by atoms with Crippen molar-refractivity contribution in [2.45, 2.75) is 0 Å². The van der Waals surface area contributed by atoms with Crippen molar-refractivity contribution in [3.8, 4) is 29.1 Å². The molecule has 0 radical (unpaired) electrons. The summed E-state index contributed by atoms with van der Waals surface area (Å²) in [6.45, 7) is -0.336. The van der Waals surface area contributed by atoms with Gasteiger partial charge in [-0.2, -0.15) is 5.26 Å². The van der Waals surface area contributed by atoms with Crippen LogP contribution >= 0.6 is 0 Å². The predicted molar refractivity (Wildman–Crippen MR) is 117 cm³/mol. The van der Waals surface area contributed by atoms with Crippen LogP contribution in [0.3, 0.4) is 0 Å². The summed E-state index contributed by atoms with van der Waals surface area (Å²) in [4.78, 5) is 12.2. The molecule has 0 bridgehead atoms. The van der Waals surface area contributed by atoms with E-state index in [1.807, 2.05) is 6.07 Å². The average molecular weight is 433 g/mol. The van der Waals surface area contributed by atoms with E-state index >= 15 is 0 Å². The maximum atomic E-state index is 14.0. The fourth-order valence-corrected chi connectivity index (χ4v) is 2.90. The molecule has 7 heteroatoms. The quantitative estimate of drug-likeness (QED) is 0.218. The lowest BCUT2D eigenvalue weighted by atomic mass is 10.0. The van der Waals surface area contributed by atoms with Crippen molar-refractivity contribution >= 4 is 17.6 Å². The van der Waals surface area contributed by atoms with Crippen molar-refractivity contribution in [1.82, 2.24) is 0 Å². The van der Waals surface area contributed by atoms with E-state index in [9.17, 15) is 14.4 Å². The second-order valence-electron chi connectivity index (χ2n) is 6.47. The second-order valence-corrected chi connectivity index (χ2v) is 6.47. The number of hydrogen-bond acceptors (Lipinski definition) is 6. The van der Waals surface area contributed by atoms with Gasteiger partial charge in [0.05, 0.1) is 25.9 Å². The Morgan fingerprint density at radius 3 is 2.31 bits per heavy atom. The highest BCUT2D eigenvalue weighted by Gasteiger charge is 2.14. The Morgan fingerprint density at radius 2 is 1.62 bits per heavy atom. The minimum Gasteiger partial charge on any atom is -0.493 e. The molecule has 3 aromatic carbocycles. The van der Waals surface area contributed by atoms with E-state index in [-0.39, 0.29) is 29.2 Å². The van der Waals surface area contributed by atoms with E-state index in [2.05, 4.69) is 0 Å². The van der Waals surface area contributed by atoms with Crippen LogP contribution in [-0.2, 0) is 4.79 Å². The second kappa shape index (κ2) is 10.6. The maximum Gasteiger partial charge on any atom is 0.349 e. The third-order valence-electron chi connectivity index (χ3n) is 4.42.